The Kier molecular flexibility index (Phi) is 5.88. The molecule has 0 bridgehead atoms. The van der Waals surface area contributed by atoms with E-state index in [9.17, 15) is 0 Å². The van der Waals surface area contributed by atoms with E-state index in [0.717, 1.165) is 19.6 Å². The summed E-state index contributed by atoms with van der Waals surface area (Å²) >= 11 is 0. The van der Waals surface area contributed by atoms with Gasteiger partial charge in [0.15, 0.2) is 0 Å². The largest absolute Gasteiger partial charge is 0.396 e. The minimum Gasteiger partial charge on any atom is -0.396 e. The number of hydrogen-bond acceptors (Lipinski definition) is 2. The van der Waals surface area contributed by atoms with Gasteiger partial charge in [0.1, 0.15) is 0 Å². The predicted molar refractivity (Wildman–Crippen MR) is 58.2 cm³/mol. The Hall–Kier alpha value is -0.340. The lowest BCUT2D eigenvalue weighted by molar-refractivity contribution is 0.0777. The van der Waals surface area contributed by atoms with E-state index < -0.39 is 0 Å². The summed E-state index contributed by atoms with van der Waals surface area (Å²) in [6.07, 6.45) is 8.91. The van der Waals surface area contributed by atoms with Crippen molar-refractivity contribution in [3.63, 3.8) is 0 Å². The molecule has 2 atom stereocenters. The van der Waals surface area contributed by atoms with Crippen LogP contribution in [0.5, 0.6) is 0 Å². The van der Waals surface area contributed by atoms with Gasteiger partial charge in [0, 0.05) is 13.2 Å². The van der Waals surface area contributed by atoms with Crippen LogP contribution in [0.25, 0.3) is 0 Å². The summed E-state index contributed by atoms with van der Waals surface area (Å²) in [5, 5.41) is 9.07. The monoisotopic (exact) mass is 198 g/mol. The molecule has 2 heteroatoms. The van der Waals surface area contributed by atoms with E-state index in [4.69, 9.17) is 9.84 Å². The Morgan fingerprint density at radius 3 is 2.86 bits per heavy atom. The molecule has 1 aliphatic rings. The normalized spacial score (nSPS) is 28.4. The Labute approximate surface area is 87.0 Å². The van der Waals surface area contributed by atoms with Crippen molar-refractivity contribution >= 4 is 0 Å². The van der Waals surface area contributed by atoms with Crippen LogP contribution in [0.4, 0.5) is 0 Å². The molecule has 2 nitrogen and oxygen atoms in total. The Morgan fingerprint density at radius 2 is 2.14 bits per heavy atom. The van der Waals surface area contributed by atoms with Crippen LogP contribution in [0.3, 0.4) is 0 Å². The van der Waals surface area contributed by atoms with Crippen molar-refractivity contribution in [2.45, 2.75) is 32.6 Å². The second-order valence-electron chi connectivity index (χ2n) is 4.19. The van der Waals surface area contributed by atoms with Gasteiger partial charge in [-0.1, -0.05) is 18.6 Å². The Morgan fingerprint density at radius 1 is 1.36 bits per heavy atom. The second-order valence-corrected chi connectivity index (χ2v) is 4.19. The molecular formula is C12H22O2. The van der Waals surface area contributed by atoms with Crippen molar-refractivity contribution in [2.75, 3.05) is 19.8 Å². The van der Waals surface area contributed by atoms with Crippen LogP contribution in [0.15, 0.2) is 12.2 Å². The summed E-state index contributed by atoms with van der Waals surface area (Å²) in [6, 6.07) is 0. The fourth-order valence-electron chi connectivity index (χ4n) is 2.12. The van der Waals surface area contributed by atoms with Gasteiger partial charge in [-0.3, -0.25) is 0 Å². The van der Waals surface area contributed by atoms with Crippen LogP contribution in [0.1, 0.15) is 32.6 Å². The maximum absolute atomic E-state index is 9.07. The van der Waals surface area contributed by atoms with Crippen LogP contribution in [0, 0.1) is 11.8 Å². The lowest BCUT2D eigenvalue weighted by atomic mass is 9.82. The number of allylic oxidation sites excluding steroid dienone is 1. The van der Waals surface area contributed by atoms with E-state index in [2.05, 4.69) is 0 Å². The Bertz CT molecular complexity index is 166. The molecule has 1 fully saturated rings. The molecule has 0 aromatic heterocycles. The highest BCUT2D eigenvalue weighted by molar-refractivity contribution is 4.77. The van der Waals surface area contributed by atoms with E-state index in [1.807, 2.05) is 19.1 Å². The van der Waals surface area contributed by atoms with Gasteiger partial charge in [-0.25, -0.2) is 0 Å². The molecule has 0 aliphatic heterocycles. The first-order valence-electron chi connectivity index (χ1n) is 5.66. The molecule has 0 heterocycles. The quantitative estimate of drug-likeness (QED) is 0.543. The number of aliphatic hydroxyl groups is 1. The number of ether oxygens (including phenoxy) is 1. The van der Waals surface area contributed by atoms with Gasteiger partial charge in [0.25, 0.3) is 0 Å². The van der Waals surface area contributed by atoms with Crippen molar-refractivity contribution in [1.29, 1.82) is 0 Å². The summed E-state index contributed by atoms with van der Waals surface area (Å²) in [4.78, 5) is 0. The van der Waals surface area contributed by atoms with Gasteiger partial charge in [0.05, 0.1) is 6.61 Å². The second kappa shape index (κ2) is 7.02. The van der Waals surface area contributed by atoms with Gasteiger partial charge in [-0.05, 0) is 38.0 Å². The predicted octanol–water partition coefficient (Wildman–Crippen LogP) is 2.38. The van der Waals surface area contributed by atoms with Crippen LogP contribution < -0.4 is 0 Å². The van der Waals surface area contributed by atoms with Crippen LogP contribution in [-0.2, 0) is 4.74 Å². The van der Waals surface area contributed by atoms with Crippen molar-refractivity contribution in [3.8, 4) is 0 Å². The third-order valence-corrected chi connectivity index (χ3v) is 2.95. The maximum atomic E-state index is 9.07. The van der Waals surface area contributed by atoms with E-state index in [1.165, 1.54) is 19.3 Å². The molecule has 0 saturated heterocycles. The third-order valence-electron chi connectivity index (χ3n) is 2.95. The molecule has 14 heavy (non-hydrogen) atoms. The van der Waals surface area contributed by atoms with Crippen LogP contribution in [-0.4, -0.2) is 24.9 Å². The molecule has 0 aromatic rings. The van der Waals surface area contributed by atoms with Crippen molar-refractivity contribution < 1.29 is 9.84 Å². The summed E-state index contributed by atoms with van der Waals surface area (Å²) in [6.45, 7) is 3.95. The highest BCUT2D eigenvalue weighted by atomic mass is 16.5. The van der Waals surface area contributed by atoms with Gasteiger partial charge in [-0.15, -0.1) is 0 Å². The average Bonchev–Trinajstić information content (AvgIpc) is 2.25. The fourth-order valence-corrected chi connectivity index (χ4v) is 2.12. The average molecular weight is 198 g/mol. The minimum absolute atomic E-state index is 0.353. The highest BCUT2D eigenvalue weighted by Crippen LogP contribution is 2.28. The molecule has 1 aliphatic carbocycles. The number of rotatable bonds is 5. The summed E-state index contributed by atoms with van der Waals surface area (Å²) in [5.41, 5.74) is 0. The van der Waals surface area contributed by atoms with E-state index >= 15 is 0 Å². The number of aliphatic hydroxyl groups excluding tert-OH is 1. The molecule has 0 amide bonds. The molecule has 1 rings (SSSR count). The zero-order valence-electron chi connectivity index (χ0n) is 9.11. The molecule has 0 spiro atoms. The van der Waals surface area contributed by atoms with Gasteiger partial charge in [0.2, 0.25) is 0 Å². The van der Waals surface area contributed by atoms with E-state index in [1.54, 1.807) is 0 Å². The molecule has 0 aromatic carbocycles. The van der Waals surface area contributed by atoms with Gasteiger partial charge < -0.3 is 9.84 Å². The molecule has 2 unspecified atom stereocenters. The van der Waals surface area contributed by atoms with Gasteiger partial charge >= 0.3 is 0 Å². The maximum Gasteiger partial charge on any atom is 0.0647 e. The SMILES string of the molecule is CC=CCOCC1CCCC(CO)C1. The minimum atomic E-state index is 0.353. The fraction of sp³-hybridized carbons (Fsp3) is 0.833. The molecule has 0 radical (unpaired) electrons. The topological polar surface area (TPSA) is 29.5 Å². The van der Waals surface area contributed by atoms with Crippen molar-refractivity contribution in [1.82, 2.24) is 0 Å². The first-order chi connectivity index (χ1) is 6.86. The standard InChI is InChI=1S/C12H22O2/c1-2-3-7-14-10-12-6-4-5-11(8-12)9-13/h2-3,11-13H,4-10H2,1H3. The van der Waals surface area contributed by atoms with Crippen LogP contribution in [0.2, 0.25) is 0 Å². The first kappa shape index (κ1) is 11.7. The number of hydrogen-bond donors (Lipinski definition) is 1. The zero-order valence-corrected chi connectivity index (χ0v) is 9.11. The third kappa shape index (κ3) is 4.25. The molecule has 1 N–H and O–H groups in total. The van der Waals surface area contributed by atoms with Gasteiger partial charge in [-0.2, -0.15) is 0 Å². The molecule has 1 saturated carbocycles. The summed E-state index contributed by atoms with van der Waals surface area (Å²) in [7, 11) is 0. The summed E-state index contributed by atoms with van der Waals surface area (Å²) < 4.78 is 5.54. The van der Waals surface area contributed by atoms with E-state index in [0.29, 0.717) is 18.4 Å². The summed E-state index contributed by atoms with van der Waals surface area (Å²) in [5.74, 6) is 1.20. The van der Waals surface area contributed by atoms with Crippen molar-refractivity contribution in [3.05, 3.63) is 12.2 Å². The smallest absolute Gasteiger partial charge is 0.0647 e. The lowest BCUT2D eigenvalue weighted by Gasteiger charge is -2.27. The Balaban J connectivity index is 2.11. The highest BCUT2D eigenvalue weighted by Gasteiger charge is 2.21. The zero-order chi connectivity index (χ0) is 10.2. The molecular weight excluding hydrogens is 176 g/mol. The van der Waals surface area contributed by atoms with Crippen molar-refractivity contribution in [2.24, 2.45) is 11.8 Å². The van der Waals surface area contributed by atoms with Crippen LogP contribution >= 0.6 is 0 Å². The van der Waals surface area contributed by atoms with E-state index in [-0.39, 0.29) is 0 Å². The molecule has 82 valence electrons. The first-order valence-corrected chi connectivity index (χ1v) is 5.66. The lowest BCUT2D eigenvalue weighted by Crippen LogP contribution is -2.21.